The summed E-state index contributed by atoms with van der Waals surface area (Å²) in [4.78, 5) is 22.3. The predicted octanol–water partition coefficient (Wildman–Crippen LogP) is 4.03. The second-order valence-corrected chi connectivity index (χ2v) is 8.78. The van der Waals surface area contributed by atoms with Crippen LogP contribution in [0.5, 0.6) is 17.2 Å². The number of ether oxygens (including phenoxy) is 4. The topological polar surface area (TPSA) is 73.4 Å². The van der Waals surface area contributed by atoms with E-state index in [4.69, 9.17) is 23.9 Å². The zero-order valence-electron chi connectivity index (χ0n) is 21.0. The number of benzene rings is 2. The highest BCUT2D eigenvalue weighted by Gasteiger charge is 2.29. The van der Waals surface area contributed by atoms with Crippen LogP contribution in [-0.2, 0) is 22.6 Å². The molecule has 1 fully saturated rings. The summed E-state index contributed by atoms with van der Waals surface area (Å²) in [5.41, 5.74) is 2.64. The van der Waals surface area contributed by atoms with Crippen molar-refractivity contribution >= 4 is 22.6 Å². The quantitative estimate of drug-likeness (QED) is 0.459. The third-order valence-electron chi connectivity index (χ3n) is 6.24. The van der Waals surface area contributed by atoms with Gasteiger partial charge in [0.05, 0.1) is 21.3 Å². The first-order chi connectivity index (χ1) is 16.9. The van der Waals surface area contributed by atoms with Gasteiger partial charge in [0.1, 0.15) is 34.7 Å². The van der Waals surface area contributed by atoms with E-state index in [0.29, 0.717) is 36.7 Å². The lowest BCUT2D eigenvalue weighted by atomic mass is 10.1. The lowest BCUT2D eigenvalue weighted by Crippen LogP contribution is -2.38. The summed E-state index contributed by atoms with van der Waals surface area (Å²) < 4.78 is 22.2. The zero-order valence-corrected chi connectivity index (χ0v) is 21.0. The van der Waals surface area contributed by atoms with E-state index < -0.39 is 6.10 Å². The maximum absolute atomic E-state index is 13.5. The maximum atomic E-state index is 13.5. The van der Waals surface area contributed by atoms with Gasteiger partial charge in [0.15, 0.2) is 0 Å². The number of pyridine rings is 1. The van der Waals surface area contributed by atoms with Gasteiger partial charge in [0, 0.05) is 44.7 Å². The standard InChI is InChI=1S/C27H33N3O5/c1-29(2)26-19(15-21-22(33-4)12-13-23(34-5)25(21)28-26)17-30(27(31)24-7-6-14-35-24)16-18-8-10-20(32-3)11-9-18/h8-13,15,24H,6-7,14,16-17H2,1-5H3/t24-/m0/s1. The van der Waals surface area contributed by atoms with Gasteiger partial charge >= 0.3 is 0 Å². The summed E-state index contributed by atoms with van der Waals surface area (Å²) in [5, 5.41) is 0.835. The van der Waals surface area contributed by atoms with E-state index in [0.717, 1.165) is 40.9 Å². The smallest absolute Gasteiger partial charge is 0.252 e. The van der Waals surface area contributed by atoms with Crippen molar-refractivity contribution in [3.8, 4) is 17.2 Å². The van der Waals surface area contributed by atoms with Gasteiger partial charge in [-0.2, -0.15) is 0 Å². The lowest BCUT2D eigenvalue weighted by molar-refractivity contribution is -0.142. The van der Waals surface area contributed by atoms with Crippen LogP contribution >= 0.6 is 0 Å². The molecule has 0 unspecified atom stereocenters. The molecule has 0 N–H and O–H groups in total. The molecule has 0 aliphatic carbocycles. The summed E-state index contributed by atoms with van der Waals surface area (Å²) in [6, 6.07) is 13.5. The Morgan fingerprint density at radius 2 is 1.71 bits per heavy atom. The normalized spacial score (nSPS) is 15.2. The number of carbonyl (C=O) groups is 1. The van der Waals surface area contributed by atoms with Gasteiger partial charge in [-0.1, -0.05) is 12.1 Å². The average molecular weight is 480 g/mol. The third kappa shape index (κ3) is 5.27. The highest BCUT2D eigenvalue weighted by atomic mass is 16.5. The van der Waals surface area contributed by atoms with Crippen molar-refractivity contribution in [2.24, 2.45) is 0 Å². The fraction of sp³-hybridized carbons (Fsp3) is 0.407. The summed E-state index contributed by atoms with van der Waals surface area (Å²) in [6.45, 7) is 1.44. The van der Waals surface area contributed by atoms with Gasteiger partial charge in [0.2, 0.25) is 0 Å². The molecule has 0 spiro atoms. The molecular formula is C27H33N3O5. The van der Waals surface area contributed by atoms with E-state index in [1.54, 1.807) is 21.3 Å². The monoisotopic (exact) mass is 479 g/mol. The summed E-state index contributed by atoms with van der Waals surface area (Å²) >= 11 is 0. The minimum atomic E-state index is -0.417. The largest absolute Gasteiger partial charge is 0.497 e. The Balaban J connectivity index is 1.76. The second kappa shape index (κ2) is 10.8. The molecule has 2 heterocycles. The van der Waals surface area contributed by atoms with Crippen LogP contribution in [0.15, 0.2) is 42.5 Å². The van der Waals surface area contributed by atoms with Crippen LogP contribution in [0, 0.1) is 0 Å². The number of aromatic nitrogens is 1. The van der Waals surface area contributed by atoms with E-state index >= 15 is 0 Å². The highest BCUT2D eigenvalue weighted by molar-refractivity contribution is 5.92. The Labute approximate surface area is 206 Å². The minimum absolute atomic E-state index is 0.0132. The molecule has 0 radical (unpaired) electrons. The number of anilines is 1. The van der Waals surface area contributed by atoms with E-state index in [-0.39, 0.29) is 5.91 Å². The Morgan fingerprint density at radius 1 is 1.00 bits per heavy atom. The van der Waals surface area contributed by atoms with Crippen LogP contribution in [-0.4, -0.2) is 63.9 Å². The number of carbonyl (C=O) groups excluding carboxylic acids is 1. The Bertz CT molecular complexity index is 1170. The van der Waals surface area contributed by atoms with E-state index in [9.17, 15) is 4.79 Å². The maximum Gasteiger partial charge on any atom is 0.252 e. The molecule has 2 aromatic carbocycles. The third-order valence-corrected chi connectivity index (χ3v) is 6.24. The van der Waals surface area contributed by atoms with Crippen LogP contribution in [0.1, 0.15) is 24.0 Å². The van der Waals surface area contributed by atoms with E-state index in [1.807, 2.05) is 66.4 Å². The molecule has 8 nitrogen and oxygen atoms in total. The number of hydrogen-bond acceptors (Lipinski definition) is 7. The number of nitrogens with zero attached hydrogens (tertiary/aromatic N) is 3. The predicted molar refractivity (Wildman–Crippen MR) is 135 cm³/mol. The molecule has 4 rings (SSSR count). The molecule has 1 amide bonds. The van der Waals surface area contributed by atoms with Crippen molar-refractivity contribution in [2.75, 3.05) is 46.9 Å². The highest BCUT2D eigenvalue weighted by Crippen LogP contribution is 2.35. The Hall–Kier alpha value is -3.52. The number of rotatable bonds is 9. The van der Waals surface area contributed by atoms with Gasteiger partial charge in [-0.3, -0.25) is 4.79 Å². The first kappa shape index (κ1) is 24.6. The Morgan fingerprint density at radius 3 is 2.31 bits per heavy atom. The molecule has 1 atom stereocenters. The van der Waals surface area contributed by atoms with E-state index in [2.05, 4.69) is 0 Å². The number of hydrogen-bond donors (Lipinski definition) is 0. The molecule has 3 aromatic rings. The number of methoxy groups -OCH3 is 3. The van der Waals surface area contributed by atoms with Crippen molar-refractivity contribution < 1.29 is 23.7 Å². The van der Waals surface area contributed by atoms with Crippen LogP contribution < -0.4 is 19.1 Å². The summed E-state index contributed by atoms with van der Waals surface area (Å²) in [5.74, 6) is 2.90. The molecule has 8 heteroatoms. The molecule has 0 saturated carbocycles. The van der Waals surface area contributed by atoms with Crippen molar-refractivity contribution in [3.63, 3.8) is 0 Å². The first-order valence-corrected chi connectivity index (χ1v) is 11.7. The molecule has 0 bridgehead atoms. The zero-order chi connectivity index (χ0) is 24.9. The van der Waals surface area contributed by atoms with Gasteiger partial charge in [-0.15, -0.1) is 0 Å². The number of amides is 1. The van der Waals surface area contributed by atoms with Crippen molar-refractivity contribution in [3.05, 3.63) is 53.6 Å². The van der Waals surface area contributed by atoms with Gasteiger partial charge in [0.25, 0.3) is 5.91 Å². The molecule has 1 saturated heterocycles. The molecule has 1 aliphatic rings. The van der Waals surface area contributed by atoms with E-state index in [1.165, 1.54) is 0 Å². The molecule has 1 aromatic heterocycles. The van der Waals surface area contributed by atoms with Gasteiger partial charge < -0.3 is 28.7 Å². The van der Waals surface area contributed by atoms with Crippen molar-refractivity contribution in [2.45, 2.75) is 32.0 Å². The minimum Gasteiger partial charge on any atom is -0.497 e. The van der Waals surface area contributed by atoms with Crippen LogP contribution in [0.25, 0.3) is 10.9 Å². The first-order valence-electron chi connectivity index (χ1n) is 11.7. The molecule has 35 heavy (non-hydrogen) atoms. The SMILES string of the molecule is COc1ccc(CN(Cc2cc3c(OC)ccc(OC)c3nc2N(C)C)C(=O)[C@@H]2CCCO2)cc1. The Kier molecular flexibility index (Phi) is 7.60. The average Bonchev–Trinajstić information content (AvgIpc) is 3.42. The van der Waals surface area contributed by atoms with Crippen molar-refractivity contribution in [1.82, 2.24) is 9.88 Å². The van der Waals surface area contributed by atoms with Gasteiger partial charge in [-0.05, 0) is 48.7 Å². The summed E-state index contributed by atoms with van der Waals surface area (Å²) in [7, 11) is 8.79. The second-order valence-electron chi connectivity index (χ2n) is 8.78. The fourth-order valence-electron chi connectivity index (χ4n) is 4.43. The van der Waals surface area contributed by atoms with Crippen molar-refractivity contribution in [1.29, 1.82) is 0 Å². The van der Waals surface area contributed by atoms with Gasteiger partial charge in [-0.25, -0.2) is 4.98 Å². The van der Waals surface area contributed by atoms with Crippen LogP contribution in [0.4, 0.5) is 5.82 Å². The molecule has 186 valence electrons. The lowest BCUT2D eigenvalue weighted by Gasteiger charge is -2.28. The van der Waals surface area contributed by atoms with Crippen LogP contribution in [0.3, 0.4) is 0 Å². The van der Waals surface area contributed by atoms with Crippen LogP contribution in [0.2, 0.25) is 0 Å². The molecule has 1 aliphatic heterocycles. The fourth-order valence-corrected chi connectivity index (χ4v) is 4.43. The summed E-state index contributed by atoms with van der Waals surface area (Å²) in [6.07, 6.45) is 1.21. The molecular weight excluding hydrogens is 446 g/mol. The number of fused-ring (bicyclic) bond motifs is 1.